The van der Waals surface area contributed by atoms with Crippen LogP contribution in [-0.4, -0.2) is 39.9 Å². The monoisotopic (exact) mass is 623 g/mol. The number of para-hydroxylation sites is 2. The van der Waals surface area contributed by atoms with Gasteiger partial charge in [0.1, 0.15) is 0 Å². The largest absolute Gasteiger partial charge is 0.348 e. The Kier molecular flexibility index (Phi) is 8.36. The number of rotatable bonds is 8. The Morgan fingerprint density at radius 1 is 0.659 bits per heavy atom. The molecular formula is C35H31Cl2N5O2. The Morgan fingerprint density at radius 2 is 1.07 bits per heavy atom. The Labute approximate surface area is 264 Å². The van der Waals surface area contributed by atoms with E-state index in [1.807, 2.05) is 74.5 Å². The van der Waals surface area contributed by atoms with Gasteiger partial charge in [0, 0.05) is 49.7 Å². The first-order valence-corrected chi connectivity index (χ1v) is 15.4. The molecule has 0 spiro atoms. The van der Waals surface area contributed by atoms with Crippen molar-refractivity contribution in [1.82, 2.24) is 20.6 Å². The molecule has 222 valence electrons. The Balaban J connectivity index is 1.26. The molecule has 2 atom stereocenters. The molecule has 2 heterocycles. The van der Waals surface area contributed by atoms with Gasteiger partial charge in [-0.25, -0.2) is 9.97 Å². The van der Waals surface area contributed by atoms with Gasteiger partial charge in [0.05, 0.1) is 33.2 Å². The number of hydrogen-bond acceptors (Lipinski definition) is 5. The maximum absolute atomic E-state index is 13.7. The summed E-state index contributed by atoms with van der Waals surface area (Å²) >= 11 is 12.9. The number of benzene rings is 4. The van der Waals surface area contributed by atoms with E-state index in [9.17, 15) is 9.59 Å². The van der Waals surface area contributed by atoms with Crippen molar-refractivity contribution < 1.29 is 9.59 Å². The van der Waals surface area contributed by atoms with Crippen LogP contribution in [0.4, 0.5) is 0 Å². The molecule has 0 aliphatic heterocycles. The minimum absolute atomic E-state index is 0.333. The predicted octanol–water partition coefficient (Wildman–Crippen LogP) is 7.44. The molecule has 4 aromatic carbocycles. The molecule has 4 N–H and O–H groups in total. The SMILES string of the molecule is CCC(NC(=O)c1cc(Cl)cc2cc3ccccc3nc12)C(N)C(CC)NC(=O)c1cc(Cl)cc2cc3ccccc3nc12. The Hall–Kier alpha value is -4.30. The summed E-state index contributed by atoms with van der Waals surface area (Å²) < 4.78 is 0. The van der Waals surface area contributed by atoms with Crippen LogP contribution in [-0.2, 0) is 0 Å². The van der Waals surface area contributed by atoms with Gasteiger partial charge < -0.3 is 16.4 Å². The van der Waals surface area contributed by atoms with Crippen molar-refractivity contribution in [3.05, 3.63) is 106 Å². The van der Waals surface area contributed by atoms with E-state index in [1.54, 1.807) is 24.3 Å². The number of nitrogens with one attached hydrogen (secondary N) is 2. The summed E-state index contributed by atoms with van der Waals surface area (Å²) in [6, 6.07) is 24.8. The van der Waals surface area contributed by atoms with Crippen LogP contribution >= 0.6 is 23.2 Å². The van der Waals surface area contributed by atoms with Gasteiger partial charge >= 0.3 is 0 Å². The van der Waals surface area contributed by atoms with E-state index in [0.29, 0.717) is 45.0 Å². The number of halogens is 2. The quantitative estimate of drug-likeness (QED) is 0.153. The molecule has 6 aromatic rings. The highest BCUT2D eigenvalue weighted by atomic mass is 35.5. The number of nitrogens with zero attached hydrogens (tertiary/aromatic N) is 2. The Bertz CT molecular complexity index is 1920. The third kappa shape index (κ3) is 5.78. The molecule has 2 unspecified atom stereocenters. The molecule has 7 nitrogen and oxygen atoms in total. The van der Waals surface area contributed by atoms with Gasteiger partial charge in [0.25, 0.3) is 11.8 Å². The molecule has 0 aliphatic rings. The van der Waals surface area contributed by atoms with Gasteiger partial charge in [-0.05, 0) is 61.4 Å². The standard InChI is InChI=1S/C35H31Cl2N5O2/c1-3-27(41-34(43)25-17-23(36)15-21-13-19-9-5-7-11-29(19)39-32(21)25)31(38)28(4-2)42-35(44)26-18-24(37)16-22-14-20-10-6-8-12-30(20)40-33(22)26/h5-18,27-28,31H,3-4,38H2,1-2H3,(H,41,43)(H,42,44). The third-order valence-electron chi connectivity index (χ3n) is 8.10. The van der Waals surface area contributed by atoms with E-state index in [4.69, 9.17) is 38.9 Å². The average molecular weight is 625 g/mol. The van der Waals surface area contributed by atoms with E-state index in [-0.39, 0.29) is 11.8 Å². The first-order chi connectivity index (χ1) is 21.2. The summed E-state index contributed by atoms with van der Waals surface area (Å²) in [5.74, 6) is -0.665. The van der Waals surface area contributed by atoms with Crippen molar-refractivity contribution in [3.63, 3.8) is 0 Å². The molecule has 2 aromatic heterocycles. The lowest BCUT2D eigenvalue weighted by Gasteiger charge is -2.31. The number of aromatic nitrogens is 2. The van der Waals surface area contributed by atoms with Crippen molar-refractivity contribution in [2.45, 2.75) is 44.8 Å². The molecule has 0 radical (unpaired) electrons. The maximum Gasteiger partial charge on any atom is 0.253 e. The molecule has 9 heteroatoms. The fourth-order valence-electron chi connectivity index (χ4n) is 5.77. The molecule has 0 bridgehead atoms. The number of fused-ring (bicyclic) bond motifs is 4. The van der Waals surface area contributed by atoms with Crippen LogP contribution in [0.25, 0.3) is 43.6 Å². The topological polar surface area (TPSA) is 110 Å². The minimum atomic E-state index is -0.587. The molecule has 6 rings (SSSR count). The summed E-state index contributed by atoms with van der Waals surface area (Å²) in [4.78, 5) is 36.9. The minimum Gasteiger partial charge on any atom is -0.348 e. The van der Waals surface area contributed by atoms with Gasteiger partial charge in [-0.3, -0.25) is 9.59 Å². The molecule has 0 fully saturated rings. The second kappa shape index (κ2) is 12.4. The lowest BCUT2D eigenvalue weighted by atomic mass is 9.95. The van der Waals surface area contributed by atoms with Crippen LogP contribution in [0.15, 0.2) is 84.9 Å². The Morgan fingerprint density at radius 3 is 1.48 bits per heavy atom. The van der Waals surface area contributed by atoms with E-state index < -0.39 is 18.1 Å². The second-order valence-corrected chi connectivity index (χ2v) is 11.8. The van der Waals surface area contributed by atoms with E-state index in [0.717, 1.165) is 32.6 Å². The zero-order valence-electron chi connectivity index (χ0n) is 24.3. The van der Waals surface area contributed by atoms with Crippen LogP contribution in [0, 0.1) is 0 Å². The normalized spacial score (nSPS) is 13.7. The van der Waals surface area contributed by atoms with Crippen LogP contribution in [0.5, 0.6) is 0 Å². The van der Waals surface area contributed by atoms with Crippen LogP contribution < -0.4 is 16.4 Å². The molecular weight excluding hydrogens is 593 g/mol. The summed E-state index contributed by atoms with van der Waals surface area (Å²) in [7, 11) is 0. The van der Waals surface area contributed by atoms with Gasteiger partial charge in [0.2, 0.25) is 0 Å². The van der Waals surface area contributed by atoms with Crippen molar-refractivity contribution in [3.8, 4) is 0 Å². The highest BCUT2D eigenvalue weighted by Gasteiger charge is 2.29. The summed E-state index contributed by atoms with van der Waals surface area (Å²) in [6.07, 6.45) is 1.09. The van der Waals surface area contributed by atoms with Crippen LogP contribution in [0.2, 0.25) is 10.0 Å². The first kappa shape index (κ1) is 29.8. The third-order valence-corrected chi connectivity index (χ3v) is 8.54. The van der Waals surface area contributed by atoms with Crippen molar-refractivity contribution >= 4 is 78.6 Å². The predicted molar refractivity (Wildman–Crippen MR) is 180 cm³/mol. The van der Waals surface area contributed by atoms with Gasteiger partial charge in [-0.1, -0.05) is 73.4 Å². The fraction of sp³-hybridized carbons (Fsp3) is 0.200. The van der Waals surface area contributed by atoms with Crippen molar-refractivity contribution in [2.75, 3.05) is 0 Å². The van der Waals surface area contributed by atoms with E-state index in [2.05, 4.69) is 10.6 Å². The van der Waals surface area contributed by atoms with Crippen LogP contribution in [0.1, 0.15) is 47.4 Å². The number of hydrogen-bond donors (Lipinski definition) is 3. The average Bonchev–Trinajstić information content (AvgIpc) is 3.02. The van der Waals surface area contributed by atoms with E-state index >= 15 is 0 Å². The highest BCUT2D eigenvalue weighted by molar-refractivity contribution is 6.32. The fourth-order valence-corrected chi connectivity index (χ4v) is 6.22. The summed E-state index contributed by atoms with van der Waals surface area (Å²) in [6.45, 7) is 3.89. The van der Waals surface area contributed by atoms with Gasteiger partial charge in [-0.15, -0.1) is 0 Å². The number of nitrogens with two attached hydrogens (primary N) is 1. The smallest absolute Gasteiger partial charge is 0.253 e. The lowest BCUT2D eigenvalue weighted by molar-refractivity contribution is 0.0909. The van der Waals surface area contributed by atoms with Crippen molar-refractivity contribution in [2.24, 2.45) is 5.73 Å². The second-order valence-electron chi connectivity index (χ2n) is 11.0. The van der Waals surface area contributed by atoms with Crippen molar-refractivity contribution in [1.29, 1.82) is 0 Å². The maximum atomic E-state index is 13.7. The zero-order chi connectivity index (χ0) is 31.0. The van der Waals surface area contributed by atoms with Gasteiger partial charge in [0.15, 0.2) is 0 Å². The number of amides is 2. The zero-order valence-corrected chi connectivity index (χ0v) is 25.8. The molecule has 2 amide bonds. The van der Waals surface area contributed by atoms with E-state index in [1.165, 1.54) is 0 Å². The summed E-state index contributed by atoms with van der Waals surface area (Å²) in [5, 5.41) is 10.5. The molecule has 0 saturated heterocycles. The number of carbonyl (C=O) groups is 2. The molecule has 44 heavy (non-hydrogen) atoms. The number of carbonyl (C=O) groups excluding carboxylic acids is 2. The lowest BCUT2D eigenvalue weighted by Crippen LogP contribution is -2.58. The highest BCUT2D eigenvalue weighted by Crippen LogP contribution is 2.28. The van der Waals surface area contributed by atoms with Crippen LogP contribution in [0.3, 0.4) is 0 Å². The molecule has 0 saturated carbocycles. The molecule has 0 aliphatic carbocycles. The summed E-state index contributed by atoms with van der Waals surface area (Å²) in [5.41, 5.74) is 10.2. The van der Waals surface area contributed by atoms with Gasteiger partial charge in [-0.2, -0.15) is 0 Å². The first-order valence-electron chi connectivity index (χ1n) is 14.6. The number of pyridine rings is 2.